The Bertz CT molecular complexity index is 541. The lowest BCUT2D eigenvalue weighted by Crippen LogP contribution is -2.25. The van der Waals surface area contributed by atoms with Gasteiger partial charge in [-0.05, 0) is 12.8 Å². The van der Waals surface area contributed by atoms with E-state index in [0.717, 1.165) is 6.42 Å². The summed E-state index contributed by atoms with van der Waals surface area (Å²) in [6.07, 6.45) is 3.94. The van der Waals surface area contributed by atoms with E-state index in [4.69, 9.17) is 9.84 Å². The lowest BCUT2D eigenvalue weighted by atomic mass is 10.4. The highest BCUT2D eigenvalue weighted by Crippen LogP contribution is 2.07. The van der Waals surface area contributed by atoms with E-state index in [2.05, 4.69) is 9.82 Å². The van der Waals surface area contributed by atoms with Gasteiger partial charge in [-0.3, -0.25) is 9.48 Å². The van der Waals surface area contributed by atoms with E-state index >= 15 is 0 Å². The van der Waals surface area contributed by atoms with E-state index in [0.29, 0.717) is 19.6 Å². The first kappa shape index (κ1) is 17.6. The second-order valence-electron chi connectivity index (χ2n) is 4.45. The third kappa shape index (κ3) is 6.69. The van der Waals surface area contributed by atoms with Crippen LogP contribution in [0.4, 0.5) is 0 Å². The first-order valence-corrected chi connectivity index (χ1v) is 8.25. The summed E-state index contributed by atoms with van der Waals surface area (Å²) in [5, 5.41) is 12.4. The van der Waals surface area contributed by atoms with E-state index in [9.17, 15) is 13.2 Å². The minimum Gasteiger partial charge on any atom is -0.481 e. The maximum absolute atomic E-state index is 12.0. The van der Waals surface area contributed by atoms with Crippen LogP contribution in [0.25, 0.3) is 0 Å². The number of ether oxygens (including phenoxy) is 1. The predicted octanol–water partition coefficient (Wildman–Crippen LogP) is 0.453. The quantitative estimate of drug-likeness (QED) is 0.573. The number of carboxylic acids is 1. The van der Waals surface area contributed by atoms with Crippen molar-refractivity contribution in [2.45, 2.75) is 37.6 Å². The SMILES string of the molecule is CCCOCCCNS(=O)(=O)c1cnn(CCC(=O)O)c1. The van der Waals surface area contributed by atoms with Gasteiger partial charge in [-0.25, -0.2) is 13.1 Å². The average molecular weight is 319 g/mol. The molecule has 0 unspecified atom stereocenters. The van der Waals surface area contributed by atoms with E-state index in [1.54, 1.807) is 0 Å². The Morgan fingerprint density at radius 1 is 1.48 bits per heavy atom. The number of nitrogens with zero attached hydrogens (tertiary/aromatic N) is 2. The second-order valence-corrected chi connectivity index (χ2v) is 6.21. The monoisotopic (exact) mass is 319 g/mol. The molecule has 0 bridgehead atoms. The maximum atomic E-state index is 12.0. The summed E-state index contributed by atoms with van der Waals surface area (Å²) in [6.45, 7) is 3.60. The average Bonchev–Trinajstić information content (AvgIpc) is 2.90. The van der Waals surface area contributed by atoms with Crippen molar-refractivity contribution in [2.24, 2.45) is 0 Å². The number of sulfonamides is 1. The highest BCUT2D eigenvalue weighted by Gasteiger charge is 2.15. The summed E-state index contributed by atoms with van der Waals surface area (Å²) < 4.78 is 32.9. The summed E-state index contributed by atoms with van der Waals surface area (Å²) in [4.78, 5) is 10.5. The van der Waals surface area contributed by atoms with E-state index in [1.807, 2.05) is 6.92 Å². The Labute approximate surface area is 124 Å². The van der Waals surface area contributed by atoms with Gasteiger partial charge >= 0.3 is 5.97 Å². The lowest BCUT2D eigenvalue weighted by Gasteiger charge is -2.05. The molecule has 1 heterocycles. The van der Waals surface area contributed by atoms with Gasteiger partial charge in [0.15, 0.2) is 0 Å². The molecule has 0 aliphatic rings. The first-order chi connectivity index (χ1) is 9.95. The number of hydrogen-bond donors (Lipinski definition) is 2. The fourth-order valence-corrected chi connectivity index (χ4v) is 2.55. The summed E-state index contributed by atoms with van der Waals surface area (Å²) >= 11 is 0. The van der Waals surface area contributed by atoms with Gasteiger partial charge in [-0.15, -0.1) is 0 Å². The van der Waals surface area contributed by atoms with Crippen molar-refractivity contribution in [1.82, 2.24) is 14.5 Å². The Kier molecular flexibility index (Phi) is 7.34. The third-order valence-corrected chi connectivity index (χ3v) is 4.00. The zero-order valence-corrected chi connectivity index (χ0v) is 12.8. The number of rotatable bonds is 11. The van der Waals surface area contributed by atoms with Crippen LogP contribution in [0, 0.1) is 0 Å². The summed E-state index contributed by atoms with van der Waals surface area (Å²) in [6, 6.07) is 0. The van der Waals surface area contributed by atoms with Gasteiger partial charge in [0.1, 0.15) is 4.90 Å². The van der Waals surface area contributed by atoms with Crippen LogP contribution < -0.4 is 4.72 Å². The molecule has 0 saturated carbocycles. The third-order valence-electron chi connectivity index (χ3n) is 2.58. The van der Waals surface area contributed by atoms with Crippen molar-refractivity contribution in [3.05, 3.63) is 12.4 Å². The number of hydrogen-bond acceptors (Lipinski definition) is 5. The molecular formula is C12H21N3O5S. The highest BCUT2D eigenvalue weighted by molar-refractivity contribution is 7.89. The van der Waals surface area contributed by atoms with Gasteiger partial charge in [0.05, 0.1) is 19.2 Å². The van der Waals surface area contributed by atoms with Crippen LogP contribution in [0.1, 0.15) is 26.2 Å². The summed E-state index contributed by atoms with van der Waals surface area (Å²) in [7, 11) is -3.61. The molecule has 1 aromatic rings. The molecule has 0 aliphatic heterocycles. The number of nitrogens with one attached hydrogen (secondary N) is 1. The first-order valence-electron chi connectivity index (χ1n) is 6.77. The zero-order chi connectivity index (χ0) is 15.7. The molecule has 0 aromatic carbocycles. The molecule has 0 aliphatic carbocycles. The molecule has 21 heavy (non-hydrogen) atoms. The number of carbonyl (C=O) groups is 1. The molecule has 1 aromatic heterocycles. The Balaban J connectivity index is 2.41. The van der Waals surface area contributed by atoms with Crippen molar-refractivity contribution < 1.29 is 23.1 Å². The van der Waals surface area contributed by atoms with Crippen LogP contribution >= 0.6 is 0 Å². The minimum atomic E-state index is -3.61. The van der Waals surface area contributed by atoms with E-state index in [1.165, 1.54) is 17.1 Å². The maximum Gasteiger partial charge on any atom is 0.305 e. The van der Waals surface area contributed by atoms with E-state index in [-0.39, 0.29) is 24.4 Å². The fourth-order valence-electron chi connectivity index (χ4n) is 1.53. The Hall–Kier alpha value is -1.45. The van der Waals surface area contributed by atoms with Crippen LogP contribution in [0.2, 0.25) is 0 Å². The highest BCUT2D eigenvalue weighted by atomic mass is 32.2. The smallest absolute Gasteiger partial charge is 0.305 e. The molecule has 0 fully saturated rings. The van der Waals surface area contributed by atoms with Crippen LogP contribution in [0.5, 0.6) is 0 Å². The summed E-state index contributed by atoms with van der Waals surface area (Å²) in [5.41, 5.74) is 0. The Morgan fingerprint density at radius 2 is 2.24 bits per heavy atom. The number of aromatic nitrogens is 2. The zero-order valence-electron chi connectivity index (χ0n) is 12.0. The van der Waals surface area contributed by atoms with Crippen molar-refractivity contribution in [3.63, 3.8) is 0 Å². The van der Waals surface area contributed by atoms with Crippen molar-refractivity contribution in [3.8, 4) is 0 Å². The normalized spacial score (nSPS) is 11.7. The molecule has 0 radical (unpaired) electrons. The topological polar surface area (TPSA) is 111 Å². The molecule has 0 atom stereocenters. The van der Waals surface area contributed by atoms with Crippen LogP contribution in [-0.4, -0.2) is 49.0 Å². The van der Waals surface area contributed by atoms with Crippen molar-refractivity contribution in [1.29, 1.82) is 0 Å². The predicted molar refractivity (Wildman–Crippen MR) is 75.4 cm³/mol. The standard InChI is InChI=1S/C12H21N3O5S/c1-2-7-20-8-3-5-14-21(18,19)11-9-13-15(10-11)6-4-12(16)17/h9-10,14H,2-8H2,1H3,(H,16,17). The van der Waals surface area contributed by atoms with Gasteiger partial charge < -0.3 is 9.84 Å². The molecule has 1 rings (SSSR count). The van der Waals surface area contributed by atoms with Crippen molar-refractivity contribution in [2.75, 3.05) is 19.8 Å². The molecule has 0 saturated heterocycles. The van der Waals surface area contributed by atoms with Gasteiger partial charge in [0.25, 0.3) is 0 Å². The molecule has 8 nitrogen and oxygen atoms in total. The lowest BCUT2D eigenvalue weighted by molar-refractivity contribution is -0.137. The summed E-state index contributed by atoms with van der Waals surface area (Å²) in [5.74, 6) is -0.958. The number of aryl methyl sites for hydroxylation is 1. The molecule has 2 N–H and O–H groups in total. The van der Waals surface area contributed by atoms with Gasteiger partial charge in [-0.1, -0.05) is 6.92 Å². The largest absolute Gasteiger partial charge is 0.481 e. The van der Waals surface area contributed by atoms with E-state index < -0.39 is 16.0 Å². The van der Waals surface area contributed by atoms with Crippen LogP contribution in [0.3, 0.4) is 0 Å². The van der Waals surface area contributed by atoms with Gasteiger partial charge in [0, 0.05) is 26.0 Å². The fraction of sp³-hybridized carbons (Fsp3) is 0.667. The number of aliphatic carboxylic acids is 1. The molecule has 0 spiro atoms. The molecule has 120 valence electrons. The van der Waals surface area contributed by atoms with Crippen LogP contribution in [-0.2, 0) is 26.1 Å². The Morgan fingerprint density at radius 3 is 2.90 bits per heavy atom. The van der Waals surface area contributed by atoms with Gasteiger partial charge in [0.2, 0.25) is 10.0 Å². The molecule has 0 amide bonds. The molecular weight excluding hydrogens is 298 g/mol. The minimum absolute atomic E-state index is 0.0300. The molecule has 9 heteroatoms. The number of carboxylic acid groups (broad SMARTS) is 1. The second kappa shape index (κ2) is 8.75. The van der Waals surface area contributed by atoms with Gasteiger partial charge in [-0.2, -0.15) is 5.10 Å². The van der Waals surface area contributed by atoms with Crippen molar-refractivity contribution >= 4 is 16.0 Å². The van der Waals surface area contributed by atoms with Crippen LogP contribution in [0.15, 0.2) is 17.3 Å².